The van der Waals surface area contributed by atoms with E-state index in [1.165, 1.54) is 5.56 Å². The molecule has 0 amide bonds. The lowest BCUT2D eigenvalue weighted by Gasteiger charge is -2.20. The monoisotopic (exact) mass is 350 g/mol. The van der Waals surface area contributed by atoms with Gasteiger partial charge in [0.05, 0.1) is 6.54 Å². The molecule has 0 unspecified atom stereocenters. The molecule has 2 heterocycles. The summed E-state index contributed by atoms with van der Waals surface area (Å²) in [4.78, 5) is 2.44. The van der Waals surface area contributed by atoms with Gasteiger partial charge >= 0.3 is 0 Å². The van der Waals surface area contributed by atoms with Gasteiger partial charge in [0.15, 0.2) is 5.82 Å². The molecule has 0 saturated carbocycles. The second kappa shape index (κ2) is 7.00. The molecule has 26 heavy (non-hydrogen) atoms. The third-order valence-corrected chi connectivity index (χ3v) is 5.39. The number of hydrogen-bond acceptors (Lipinski definition) is 3. The molecule has 0 spiro atoms. The van der Waals surface area contributed by atoms with Gasteiger partial charge in [-0.3, -0.25) is 4.90 Å². The fourth-order valence-corrected chi connectivity index (χ4v) is 3.81. The summed E-state index contributed by atoms with van der Waals surface area (Å²) < 4.78 is 15.2. The highest BCUT2D eigenvalue weighted by molar-refractivity contribution is 5.54. The summed E-state index contributed by atoms with van der Waals surface area (Å²) in [7, 11) is 2.02. The smallest absolute Gasteiger partial charge is 0.163 e. The predicted octanol–water partition coefficient (Wildman–Crippen LogP) is 4.00. The average molecular weight is 350 g/mol. The summed E-state index contributed by atoms with van der Waals surface area (Å²) in [6, 6.07) is 17.5. The Hall–Kier alpha value is -2.53. The van der Waals surface area contributed by atoms with Crippen LogP contribution in [0.2, 0.25) is 0 Å². The van der Waals surface area contributed by atoms with Crippen LogP contribution in [0, 0.1) is 5.82 Å². The lowest BCUT2D eigenvalue weighted by molar-refractivity contribution is 0.249. The Morgan fingerprint density at radius 2 is 1.77 bits per heavy atom. The maximum atomic E-state index is 13.2. The normalized spacial score (nSPS) is 20.6. The molecule has 1 aromatic heterocycles. The number of hydrogen-bond donors (Lipinski definition) is 0. The highest BCUT2D eigenvalue weighted by atomic mass is 19.1. The van der Waals surface area contributed by atoms with Crippen molar-refractivity contribution in [3.63, 3.8) is 0 Å². The van der Waals surface area contributed by atoms with Gasteiger partial charge in [0.25, 0.3) is 0 Å². The fraction of sp³-hybridized carbons (Fsp3) is 0.333. The Balaban J connectivity index is 1.49. The van der Waals surface area contributed by atoms with Gasteiger partial charge in [-0.1, -0.05) is 42.5 Å². The number of halogens is 1. The van der Waals surface area contributed by atoms with Crippen molar-refractivity contribution in [2.45, 2.75) is 31.8 Å². The molecule has 4 rings (SSSR count). The van der Waals surface area contributed by atoms with Gasteiger partial charge in [-0.2, -0.15) is 0 Å². The van der Waals surface area contributed by atoms with Crippen molar-refractivity contribution in [2.24, 2.45) is 7.05 Å². The minimum absolute atomic E-state index is 0.177. The number of benzene rings is 2. The van der Waals surface area contributed by atoms with Crippen molar-refractivity contribution in [3.8, 4) is 11.4 Å². The Morgan fingerprint density at radius 3 is 2.50 bits per heavy atom. The summed E-state index contributed by atoms with van der Waals surface area (Å²) in [6.45, 7) is 3.98. The van der Waals surface area contributed by atoms with E-state index in [2.05, 4.69) is 38.7 Å². The summed E-state index contributed by atoms with van der Waals surface area (Å²) in [5, 5.41) is 8.81. The molecule has 1 aliphatic heterocycles. The molecular weight excluding hydrogens is 327 g/mol. The van der Waals surface area contributed by atoms with E-state index < -0.39 is 0 Å². The first kappa shape index (κ1) is 16.9. The van der Waals surface area contributed by atoms with Crippen LogP contribution in [-0.4, -0.2) is 32.3 Å². The summed E-state index contributed by atoms with van der Waals surface area (Å²) in [6.07, 6.45) is 1.08. The first-order valence-electron chi connectivity index (χ1n) is 9.05. The van der Waals surface area contributed by atoms with Crippen molar-refractivity contribution in [2.75, 3.05) is 6.54 Å². The second-order valence-corrected chi connectivity index (χ2v) is 7.13. The predicted molar refractivity (Wildman–Crippen MR) is 100 cm³/mol. The van der Waals surface area contributed by atoms with Crippen LogP contribution < -0.4 is 0 Å². The fourth-order valence-electron chi connectivity index (χ4n) is 3.81. The van der Waals surface area contributed by atoms with Crippen molar-refractivity contribution in [3.05, 3.63) is 71.8 Å². The Morgan fingerprint density at radius 1 is 1.04 bits per heavy atom. The molecule has 1 aliphatic rings. The van der Waals surface area contributed by atoms with E-state index >= 15 is 0 Å². The van der Waals surface area contributed by atoms with Crippen LogP contribution in [0.15, 0.2) is 54.6 Å². The topological polar surface area (TPSA) is 34.0 Å². The highest BCUT2D eigenvalue weighted by Gasteiger charge is 2.31. The van der Waals surface area contributed by atoms with E-state index in [1.54, 1.807) is 12.1 Å². The van der Waals surface area contributed by atoms with Crippen LogP contribution in [0.25, 0.3) is 11.4 Å². The van der Waals surface area contributed by atoms with Gasteiger partial charge in [-0.05, 0) is 37.0 Å². The average Bonchev–Trinajstić information content (AvgIpc) is 3.20. The van der Waals surface area contributed by atoms with E-state index in [9.17, 15) is 4.39 Å². The summed E-state index contributed by atoms with van der Waals surface area (Å²) >= 11 is 0. The zero-order valence-corrected chi connectivity index (χ0v) is 15.1. The molecule has 0 N–H and O–H groups in total. The van der Waals surface area contributed by atoms with Gasteiger partial charge in [-0.25, -0.2) is 4.39 Å². The summed E-state index contributed by atoms with van der Waals surface area (Å²) in [5.41, 5.74) is 2.29. The maximum absolute atomic E-state index is 13.2. The van der Waals surface area contributed by atoms with Crippen LogP contribution in [-0.2, 0) is 13.6 Å². The Kier molecular flexibility index (Phi) is 4.55. The lowest BCUT2D eigenvalue weighted by atomic mass is 9.97. The molecule has 5 heteroatoms. The molecule has 0 aliphatic carbocycles. The van der Waals surface area contributed by atoms with Crippen molar-refractivity contribution in [1.29, 1.82) is 0 Å². The van der Waals surface area contributed by atoms with Gasteiger partial charge in [0.2, 0.25) is 0 Å². The van der Waals surface area contributed by atoms with Crippen molar-refractivity contribution < 1.29 is 4.39 Å². The van der Waals surface area contributed by atoms with Gasteiger partial charge in [0, 0.05) is 25.2 Å². The van der Waals surface area contributed by atoms with E-state index in [1.807, 2.05) is 37.4 Å². The van der Waals surface area contributed by atoms with Gasteiger partial charge in [0.1, 0.15) is 11.6 Å². The van der Waals surface area contributed by atoms with Crippen molar-refractivity contribution >= 4 is 0 Å². The first-order chi connectivity index (χ1) is 12.6. The Bertz CT molecular complexity index is 873. The number of nitrogens with zero attached hydrogens (tertiary/aromatic N) is 4. The molecule has 2 atom stereocenters. The highest BCUT2D eigenvalue weighted by Crippen LogP contribution is 2.32. The number of aromatic nitrogens is 3. The SMILES string of the molecule is C[C@@H]1C[C@@H](c2ccc(F)cc2)CN1Cc1nnc(-c2ccccc2)n1C. The van der Waals surface area contributed by atoms with Crippen LogP contribution in [0.5, 0.6) is 0 Å². The molecule has 134 valence electrons. The van der Waals surface area contributed by atoms with Crippen LogP contribution >= 0.6 is 0 Å². The molecule has 0 radical (unpaired) electrons. The maximum Gasteiger partial charge on any atom is 0.163 e. The quantitative estimate of drug-likeness (QED) is 0.713. The molecule has 1 fully saturated rings. The molecule has 4 nitrogen and oxygen atoms in total. The van der Waals surface area contributed by atoms with Crippen LogP contribution in [0.4, 0.5) is 4.39 Å². The Labute approximate surface area is 153 Å². The van der Waals surface area contributed by atoms with Crippen LogP contribution in [0.1, 0.15) is 30.7 Å². The van der Waals surface area contributed by atoms with E-state index in [-0.39, 0.29) is 5.82 Å². The third kappa shape index (κ3) is 3.27. The van der Waals surface area contributed by atoms with E-state index in [0.717, 1.165) is 36.7 Å². The van der Waals surface area contributed by atoms with Gasteiger partial charge < -0.3 is 4.57 Å². The van der Waals surface area contributed by atoms with E-state index in [4.69, 9.17) is 0 Å². The van der Waals surface area contributed by atoms with Crippen LogP contribution in [0.3, 0.4) is 0 Å². The minimum Gasteiger partial charge on any atom is -0.313 e. The standard InChI is InChI=1S/C21H23FN4/c1-15-12-18(16-8-10-19(22)11-9-16)13-26(15)14-20-23-24-21(25(20)2)17-6-4-3-5-7-17/h3-11,15,18H,12-14H2,1-2H3/t15-,18-/m1/s1. The molecule has 1 saturated heterocycles. The lowest BCUT2D eigenvalue weighted by Crippen LogP contribution is -2.28. The largest absolute Gasteiger partial charge is 0.313 e. The molecule has 3 aromatic rings. The first-order valence-corrected chi connectivity index (χ1v) is 9.05. The zero-order chi connectivity index (χ0) is 18.1. The number of rotatable bonds is 4. The third-order valence-electron chi connectivity index (χ3n) is 5.39. The second-order valence-electron chi connectivity index (χ2n) is 7.13. The van der Waals surface area contributed by atoms with Crippen molar-refractivity contribution in [1.82, 2.24) is 19.7 Å². The molecule has 2 aromatic carbocycles. The zero-order valence-electron chi connectivity index (χ0n) is 15.1. The minimum atomic E-state index is -0.177. The molecule has 0 bridgehead atoms. The van der Waals surface area contributed by atoms with E-state index in [0.29, 0.717) is 12.0 Å². The molecular formula is C21H23FN4. The number of likely N-dealkylation sites (tertiary alicyclic amines) is 1. The summed E-state index contributed by atoms with van der Waals surface area (Å²) in [5.74, 6) is 2.12. The van der Waals surface area contributed by atoms with Gasteiger partial charge in [-0.15, -0.1) is 10.2 Å².